The third-order valence-electron chi connectivity index (χ3n) is 5.24. The van der Waals surface area contributed by atoms with Gasteiger partial charge in [0.2, 0.25) is 9.84 Å². The molecule has 0 aliphatic heterocycles. The van der Waals surface area contributed by atoms with Gasteiger partial charge in [-0.3, -0.25) is 15.1 Å². The molecule has 0 aromatic carbocycles. The molecule has 0 radical (unpaired) electrons. The van der Waals surface area contributed by atoms with E-state index in [0.717, 1.165) is 25.7 Å². The summed E-state index contributed by atoms with van der Waals surface area (Å²) in [4.78, 5) is 48.5. The van der Waals surface area contributed by atoms with E-state index in [1.54, 1.807) is 0 Å². The van der Waals surface area contributed by atoms with Gasteiger partial charge in [-0.25, -0.2) is 28.0 Å². The Morgan fingerprint density at radius 2 is 1.82 bits per heavy atom. The fraction of sp³-hybridized carbons (Fsp3) is 0.238. The number of nitrogens with zero attached hydrogens (tertiary/aromatic N) is 3. The summed E-state index contributed by atoms with van der Waals surface area (Å²) in [5, 5.41) is 13.7. The van der Waals surface area contributed by atoms with Crippen molar-refractivity contribution in [1.82, 2.24) is 15.0 Å². The quantitative estimate of drug-likeness (QED) is 0.410. The first-order valence-corrected chi connectivity index (χ1v) is 12.5. The number of carboxylic acids is 1. The first kappa shape index (κ1) is 23.4. The number of thiazole rings is 1. The monoisotopic (exact) mass is 501 g/mol. The van der Waals surface area contributed by atoms with Crippen molar-refractivity contribution in [2.24, 2.45) is 5.92 Å². The highest BCUT2D eigenvalue weighted by Crippen LogP contribution is 2.32. The Morgan fingerprint density at radius 1 is 1.06 bits per heavy atom. The lowest BCUT2D eigenvalue weighted by molar-refractivity contribution is 0.0687. The SMILES string of the molecule is O=C(Nc1nc(C(=O)O)c(S(=O)(=O)c2ccccn2)s1)Nc1ccncc1C(=O)C1CCCC1. The number of carbonyl (C=O) groups is 3. The van der Waals surface area contributed by atoms with E-state index >= 15 is 0 Å². The van der Waals surface area contributed by atoms with Gasteiger partial charge < -0.3 is 10.4 Å². The second-order valence-electron chi connectivity index (χ2n) is 7.48. The van der Waals surface area contributed by atoms with Crippen LogP contribution >= 0.6 is 11.3 Å². The maximum atomic E-state index is 12.9. The molecule has 13 heteroatoms. The van der Waals surface area contributed by atoms with Crippen LogP contribution in [0.5, 0.6) is 0 Å². The Morgan fingerprint density at radius 3 is 2.50 bits per heavy atom. The summed E-state index contributed by atoms with van der Waals surface area (Å²) in [7, 11) is -4.28. The Hall–Kier alpha value is -3.71. The molecule has 3 heterocycles. The van der Waals surface area contributed by atoms with Crippen LogP contribution in [-0.2, 0) is 9.84 Å². The molecule has 34 heavy (non-hydrogen) atoms. The number of urea groups is 1. The summed E-state index contributed by atoms with van der Waals surface area (Å²) in [6.45, 7) is 0. The van der Waals surface area contributed by atoms with E-state index in [1.807, 2.05) is 0 Å². The van der Waals surface area contributed by atoms with Crippen molar-refractivity contribution in [2.75, 3.05) is 10.6 Å². The van der Waals surface area contributed by atoms with E-state index in [9.17, 15) is 27.9 Å². The highest BCUT2D eigenvalue weighted by atomic mass is 32.2. The second kappa shape index (κ2) is 9.65. The van der Waals surface area contributed by atoms with Gasteiger partial charge >= 0.3 is 12.0 Å². The van der Waals surface area contributed by atoms with Gasteiger partial charge in [0.05, 0.1) is 11.3 Å². The minimum Gasteiger partial charge on any atom is -0.476 e. The zero-order valence-electron chi connectivity index (χ0n) is 17.6. The number of carboxylic acid groups (broad SMARTS) is 1. The summed E-state index contributed by atoms with van der Waals surface area (Å²) >= 11 is 0.488. The van der Waals surface area contributed by atoms with Crippen molar-refractivity contribution in [3.63, 3.8) is 0 Å². The van der Waals surface area contributed by atoms with Crippen LogP contribution in [0.15, 0.2) is 52.1 Å². The first-order valence-electron chi connectivity index (χ1n) is 10.2. The lowest BCUT2D eigenvalue weighted by atomic mass is 9.96. The van der Waals surface area contributed by atoms with Gasteiger partial charge in [-0.05, 0) is 31.0 Å². The van der Waals surface area contributed by atoms with Crippen LogP contribution in [0.1, 0.15) is 46.5 Å². The molecular formula is C21H19N5O6S2. The normalized spacial score (nSPS) is 14.0. The number of amides is 2. The smallest absolute Gasteiger partial charge is 0.356 e. The van der Waals surface area contributed by atoms with Crippen LogP contribution < -0.4 is 10.6 Å². The van der Waals surface area contributed by atoms with Gasteiger partial charge in [0.25, 0.3) is 0 Å². The number of aromatic carboxylic acids is 1. The fourth-order valence-electron chi connectivity index (χ4n) is 3.64. The van der Waals surface area contributed by atoms with Gasteiger partial charge in [-0.15, -0.1) is 0 Å². The van der Waals surface area contributed by atoms with E-state index in [-0.39, 0.29) is 33.1 Å². The Labute approximate surface area is 198 Å². The zero-order valence-corrected chi connectivity index (χ0v) is 19.2. The number of anilines is 2. The van der Waals surface area contributed by atoms with Gasteiger partial charge in [-0.2, -0.15) is 0 Å². The molecule has 4 rings (SSSR count). The third kappa shape index (κ3) is 4.79. The summed E-state index contributed by atoms with van der Waals surface area (Å²) in [5.74, 6) is -1.80. The number of rotatable bonds is 7. The van der Waals surface area contributed by atoms with Gasteiger partial charge in [0, 0.05) is 24.5 Å². The third-order valence-corrected chi connectivity index (χ3v) is 8.38. The summed E-state index contributed by atoms with van der Waals surface area (Å²) < 4.78 is 25.2. The predicted octanol–water partition coefficient (Wildman–Crippen LogP) is 3.48. The van der Waals surface area contributed by atoms with Crippen molar-refractivity contribution in [2.45, 2.75) is 34.9 Å². The number of hydrogen-bond acceptors (Lipinski definition) is 9. The number of sulfone groups is 1. The van der Waals surface area contributed by atoms with Crippen molar-refractivity contribution < 1.29 is 27.9 Å². The molecule has 3 aromatic rings. The second-order valence-corrected chi connectivity index (χ2v) is 10.6. The number of carbonyl (C=O) groups excluding carboxylic acids is 2. The average Bonchev–Trinajstić information content (AvgIpc) is 3.50. The topological polar surface area (TPSA) is 168 Å². The molecule has 11 nitrogen and oxygen atoms in total. The summed E-state index contributed by atoms with van der Waals surface area (Å²) in [5.41, 5.74) is -0.221. The fourth-order valence-corrected chi connectivity index (χ4v) is 6.29. The molecule has 1 aliphatic carbocycles. The standard InChI is InChI=1S/C21H19N5O6S2/c27-17(12-5-1-2-6-12)13-11-22-10-8-14(13)24-20(30)26-21-25-16(18(28)29)19(33-21)34(31,32)15-7-3-4-9-23-15/h3-4,7-12H,1-2,5-6H2,(H,28,29)(H2,22,24,25,26,30). The minimum absolute atomic E-state index is 0.105. The van der Waals surface area contributed by atoms with Crippen LogP contribution in [-0.4, -0.2) is 46.3 Å². The molecule has 0 saturated heterocycles. The molecule has 1 fully saturated rings. The van der Waals surface area contributed by atoms with Crippen molar-refractivity contribution >= 4 is 49.8 Å². The maximum Gasteiger partial charge on any atom is 0.356 e. The minimum atomic E-state index is -4.28. The van der Waals surface area contributed by atoms with Crippen molar-refractivity contribution in [3.8, 4) is 0 Å². The first-order chi connectivity index (χ1) is 16.3. The molecule has 0 unspecified atom stereocenters. The predicted molar refractivity (Wildman–Crippen MR) is 122 cm³/mol. The Bertz CT molecular complexity index is 1350. The molecule has 2 amide bonds. The van der Waals surface area contributed by atoms with Crippen molar-refractivity contribution in [3.05, 3.63) is 54.1 Å². The van der Waals surface area contributed by atoms with E-state index in [1.165, 1.54) is 42.9 Å². The van der Waals surface area contributed by atoms with Crippen LogP contribution in [0.2, 0.25) is 0 Å². The molecule has 3 aromatic heterocycles. The van der Waals surface area contributed by atoms with Crippen LogP contribution in [0.4, 0.5) is 15.6 Å². The largest absolute Gasteiger partial charge is 0.476 e. The van der Waals surface area contributed by atoms with Gasteiger partial charge in [0.15, 0.2) is 25.8 Å². The highest BCUT2D eigenvalue weighted by Gasteiger charge is 2.31. The van der Waals surface area contributed by atoms with E-state index < -0.39 is 31.7 Å². The molecule has 0 bridgehead atoms. The lowest BCUT2D eigenvalue weighted by Gasteiger charge is -2.13. The summed E-state index contributed by atoms with van der Waals surface area (Å²) in [6.07, 6.45) is 7.58. The lowest BCUT2D eigenvalue weighted by Crippen LogP contribution is -2.22. The molecule has 176 valence electrons. The number of nitrogens with one attached hydrogen (secondary N) is 2. The number of pyridine rings is 2. The molecule has 1 saturated carbocycles. The Balaban J connectivity index is 1.57. The molecule has 0 spiro atoms. The number of hydrogen-bond donors (Lipinski definition) is 3. The highest BCUT2D eigenvalue weighted by molar-refractivity contribution is 7.93. The molecule has 0 atom stereocenters. The number of ketones is 1. The molecule has 3 N–H and O–H groups in total. The van der Waals surface area contributed by atoms with Gasteiger partial charge in [0.1, 0.15) is 0 Å². The van der Waals surface area contributed by atoms with E-state index in [2.05, 4.69) is 25.6 Å². The number of Topliss-reactive ketones (excluding diaryl/α,β-unsaturated/α-hetero) is 1. The Kier molecular flexibility index (Phi) is 6.65. The average molecular weight is 502 g/mol. The van der Waals surface area contributed by atoms with Crippen molar-refractivity contribution in [1.29, 1.82) is 0 Å². The van der Waals surface area contributed by atoms with E-state index in [4.69, 9.17) is 0 Å². The van der Waals surface area contributed by atoms with Crippen LogP contribution in [0.25, 0.3) is 0 Å². The van der Waals surface area contributed by atoms with Crippen LogP contribution in [0, 0.1) is 5.92 Å². The van der Waals surface area contributed by atoms with Crippen LogP contribution in [0.3, 0.4) is 0 Å². The number of aromatic nitrogens is 3. The summed E-state index contributed by atoms with van der Waals surface area (Å²) in [6, 6.07) is 4.86. The van der Waals surface area contributed by atoms with Gasteiger partial charge in [-0.1, -0.05) is 30.2 Å². The zero-order chi connectivity index (χ0) is 24.3. The molecule has 1 aliphatic rings. The maximum absolute atomic E-state index is 12.9. The molecular weight excluding hydrogens is 482 g/mol. The van der Waals surface area contributed by atoms with E-state index in [0.29, 0.717) is 11.3 Å².